The second kappa shape index (κ2) is 5.93. The molecule has 2 N–H and O–H groups in total. The molecule has 0 aliphatic carbocycles. The van der Waals surface area contributed by atoms with Gasteiger partial charge in [-0.25, -0.2) is 4.98 Å². The topological polar surface area (TPSA) is 62.2 Å². The van der Waals surface area contributed by atoms with E-state index in [4.69, 9.17) is 0 Å². The van der Waals surface area contributed by atoms with Gasteiger partial charge >= 0.3 is 0 Å². The molecule has 0 spiro atoms. The summed E-state index contributed by atoms with van der Waals surface area (Å²) in [5, 5.41) is 13.1. The Bertz CT molecular complexity index is 750. The summed E-state index contributed by atoms with van der Waals surface area (Å²) in [6.45, 7) is 0. The van der Waals surface area contributed by atoms with E-state index in [1.165, 1.54) is 11.3 Å². The number of phenols is 1. The third kappa shape index (κ3) is 3.20. The number of aromatic nitrogens is 1. The first kappa shape index (κ1) is 13.6. The van der Waals surface area contributed by atoms with E-state index in [0.29, 0.717) is 18.0 Å². The van der Waals surface area contributed by atoms with Crippen molar-refractivity contribution in [3.8, 4) is 5.75 Å². The quantitative estimate of drug-likeness (QED) is 0.774. The molecule has 0 radical (unpaired) electrons. The molecule has 21 heavy (non-hydrogen) atoms. The van der Waals surface area contributed by atoms with Crippen molar-refractivity contribution >= 4 is 32.6 Å². The van der Waals surface area contributed by atoms with E-state index in [1.54, 1.807) is 12.1 Å². The van der Waals surface area contributed by atoms with Crippen LogP contribution in [0.4, 0.5) is 5.13 Å². The largest absolute Gasteiger partial charge is 0.508 e. The maximum absolute atomic E-state index is 11.9. The second-order valence-corrected chi connectivity index (χ2v) is 5.69. The molecule has 0 fully saturated rings. The summed E-state index contributed by atoms with van der Waals surface area (Å²) in [5.41, 5.74) is 1.66. The Labute approximate surface area is 126 Å². The number of aromatic hydroxyl groups is 1. The minimum Gasteiger partial charge on any atom is -0.508 e. The summed E-state index contributed by atoms with van der Waals surface area (Å²) in [6, 6.07) is 14.8. The predicted octanol–water partition coefficient (Wildman–Crippen LogP) is 3.57. The number of nitrogens with one attached hydrogen (secondary N) is 1. The average Bonchev–Trinajstić information content (AvgIpc) is 2.88. The predicted molar refractivity (Wildman–Crippen MR) is 84.7 cm³/mol. The van der Waals surface area contributed by atoms with Crippen molar-refractivity contribution in [1.29, 1.82) is 0 Å². The fourth-order valence-electron chi connectivity index (χ4n) is 2.08. The first-order valence-corrected chi connectivity index (χ1v) is 7.46. The van der Waals surface area contributed by atoms with Crippen LogP contribution < -0.4 is 5.32 Å². The third-order valence-corrected chi connectivity index (χ3v) is 4.11. The number of amides is 1. The number of para-hydroxylation sites is 2. The van der Waals surface area contributed by atoms with Gasteiger partial charge in [0.2, 0.25) is 5.91 Å². The highest BCUT2D eigenvalue weighted by Gasteiger charge is 2.09. The van der Waals surface area contributed by atoms with E-state index in [0.717, 1.165) is 15.8 Å². The van der Waals surface area contributed by atoms with E-state index in [1.807, 2.05) is 36.4 Å². The number of thiazole rings is 1. The normalized spacial score (nSPS) is 10.7. The zero-order valence-corrected chi connectivity index (χ0v) is 12.1. The number of aryl methyl sites for hydroxylation is 1. The Balaban J connectivity index is 1.62. The number of fused-ring (bicyclic) bond motifs is 1. The van der Waals surface area contributed by atoms with Gasteiger partial charge in [0.05, 0.1) is 10.2 Å². The molecule has 0 aliphatic rings. The van der Waals surface area contributed by atoms with Crippen molar-refractivity contribution in [3.05, 3.63) is 54.1 Å². The first-order valence-electron chi connectivity index (χ1n) is 6.65. The lowest BCUT2D eigenvalue weighted by Gasteiger charge is -2.04. The van der Waals surface area contributed by atoms with Gasteiger partial charge < -0.3 is 10.4 Å². The monoisotopic (exact) mass is 298 g/mol. The van der Waals surface area contributed by atoms with Gasteiger partial charge in [-0.15, -0.1) is 0 Å². The number of nitrogens with zero attached hydrogens (tertiary/aromatic N) is 1. The third-order valence-electron chi connectivity index (χ3n) is 3.15. The lowest BCUT2D eigenvalue weighted by atomic mass is 10.1. The van der Waals surface area contributed by atoms with Crippen LogP contribution in [0.15, 0.2) is 48.5 Å². The van der Waals surface area contributed by atoms with E-state index in [9.17, 15) is 9.90 Å². The number of hydrogen-bond acceptors (Lipinski definition) is 4. The van der Waals surface area contributed by atoms with Gasteiger partial charge in [-0.2, -0.15) is 0 Å². The smallest absolute Gasteiger partial charge is 0.226 e. The second-order valence-electron chi connectivity index (χ2n) is 4.66. The number of carbonyl (C=O) groups excluding carboxylic acids is 1. The molecule has 1 amide bonds. The number of phenolic OH excluding ortho intramolecular Hbond substituents is 1. The van der Waals surface area contributed by atoms with Gasteiger partial charge in [0.1, 0.15) is 5.75 Å². The van der Waals surface area contributed by atoms with Crippen LogP contribution in [0.25, 0.3) is 10.2 Å². The number of hydrogen-bond donors (Lipinski definition) is 2. The van der Waals surface area contributed by atoms with Crippen molar-refractivity contribution < 1.29 is 9.90 Å². The lowest BCUT2D eigenvalue weighted by molar-refractivity contribution is -0.116. The summed E-state index contributed by atoms with van der Waals surface area (Å²) in [6.07, 6.45) is 0.816. The number of benzene rings is 2. The van der Waals surface area contributed by atoms with Crippen LogP contribution in [0, 0.1) is 0 Å². The summed E-state index contributed by atoms with van der Waals surface area (Å²) >= 11 is 1.46. The van der Waals surface area contributed by atoms with E-state index < -0.39 is 0 Å². The summed E-state index contributed by atoms with van der Waals surface area (Å²) in [7, 11) is 0. The van der Waals surface area contributed by atoms with Gasteiger partial charge in [0.15, 0.2) is 5.13 Å². The van der Waals surface area contributed by atoms with Crippen LogP contribution in [0.1, 0.15) is 12.0 Å². The highest BCUT2D eigenvalue weighted by Crippen LogP contribution is 2.25. The Morgan fingerprint density at radius 3 is 2.71 bits per heavy atom. The average molecular weight is 298 g/mol. The number of carbonyl (C=O) groups is 1. The Hall–Kier alpha value is -2.40. The molecule has 106 valence electrons. The van der Waals surface area contributed by atoms with Crippen LogP contribution in [0.3, 0.4) is 0 Å². The van der Waals surface area contributed by atoms with Crippen molar-refractivity contribution in [1.82, 2.24) is 4.98 Å². The fraction of sp³-hybridized carbons (Fsp3) is 0.125. The van der Waals surface area contributed by atoms with E-state index >= 15 is 0 Å². The van der Waals surface area contributed by atoms with Crippen LogP contribution in [-0.4, -0.2) is 16.0 Å². The van der Waals surface area contributed by atoms with Crippen molar-refractivity contribution in [2.24, 2.45) is 0 Å². The first-order chi connectivity index (χ1) is 10.2. The van der Waals surface area contributed by atoms with Crippen molar-refractivity contribution in [2.75, 3.05) is 5.32 Å². The van der Waals surface area contributed by atoms with Gasteiger partial charge in [-0.1, -0.05) is 41.7 Å². The molecule has 3 aromatic rings. The summed E-state index contributed by atoms with van der Waals surface area (Å²) < 4.78 is 1.05. The van der Waals surface area contributed by atoms with Crippen LogP contribution in [0.2, 0.25) is 0 Å². The Morgan fingerprint density at radius 2 is 1.90 bits per heavy atom. The Kier molecular flexibility index (Phi) is 3.83. The molecule has 0 aliphatic heterocycles. The zero-order valence-electron chi connectivity index (χ0n) is 11.2. The molecule has 0 saturated carbocycles. The fourth-order valence-corrected chi connectivity index (χ4v) is 2.96. The van der Waals surface area contributed by atoms with E-state index in [2.05, 4.69) is 10.3 Å². The molecule has 0 bridgehead atoms. The maximum Gasteiger partial charge on any atom is 0.226 e. The van der Waals surface area contributed by atoms with Crippen molar-refractivity contribution in [3.63, 3.8) is 0 Å². The molecule has 0 atom stereocenters. The minimum absolute atomic E-state index is 0.0997. The van der Waals surface area contributed by atoms with Gasteiger partial charge in [0.25, 0.3) is 0 Å². The minimum atomic E-state index is -0.0997. The molecule has 0 saturated heterocycles. The van der Waals surface area contributed by atoms with Gasteiger partial charge in [-0.3, -0.25) is 4.79 Å². The van der Waals surface area contributed by atoms with Crippen LogP contribution >= 0.6 is 11.3 Å². The van der Waals surface area contributed by atoms with Crippen LogP contribution in [0.5, 0.6) is 5.75 Å². The van der Waals surface area contributed by atoms with Gasteiger partial charge in [0, 0.05) is 6.42 Å². The Morgan fingerprint density at radius 1 is 1.14 bits per heavy atom. The number of rotatable bonds is 4. The highest BCUT2D eigenvalue weighted by molar-refractivity contribution is 7.22. The molecule has 1 heterocycles. The lowest BCUT2D eigenvalue weighted by Crippen LogP contribution is -2.12. The van der Waals surface area contributed by atoms with Crippen LogP contribution in [-0.2, 0) is 11.2 Å². The molecule has 4 nitrogen and oxygen atoms in total. The SMILES string of the molecule is O=C(CCc1ccccc1O)Nc1nc2ccccc2s1. The summed E-state index contributed by atoms with van der Waals surface area (Å²) in [5.74, 6) is 0.127. The number of anilines is 1. The molecule has 5 heteroatoms. The standard InChI is InChI=1S/C16H14N2O2S/c19-13-7-3-1-5-11(13)9-10-15(20)18-16-17-12-6-2-4-8-14(12)21-16/h1-8,19H,9-10H2,(H,17,18,20). The molecule has 2 aromatic carbocycles. The summed E-state index contributed by atoms with van der Waals surface area (Å²) in [4.78, 5) is 16.3. The molecule has 1 aromatic heterocycles. The zero-order chi connectivity index (χ0) is 14.7. The van der Waals surface area contributed by atoms with E-state index in [-0.39, 0.29) is 11.7 Å². The maximum atomic E-state index is 11.9. The molecule has 3 rings (SSSR count). The van der Waals surface area contributed by atoms with Gasteiger partial charge in [-0.05, 0) is 30.2 Å². The molecular formula is C16H14N2O2S. The van der Waals surface area contributed by atoms with Crippen molar-refractivity contribution in [2.45, 2.75) is 12.8 Å². The highest BCUT2D eigenvalue weighted by atomic mass is 32.1. The molecular weight excluding hydrogens is 284 g/mol. The molecule has 0 unspecified atom stereocenters.